The lowest BCUT2D eigenvalue weighted by molar-refractivity contribution is 0.267. The first-order valence-corrected chi connectivity index (χ1v) is 4.27. The summed E-state index contributed by atoms with van der Waals surface area (Å²) in [6, 6.07) is 0. The monoisotopic (exact) mass is 138 g/mol. The predicted octanol–water partition coefficient (Wildman–Crippen LogP) is 3.39. The highest BCUT2D eigenvalue weighted by Gasteiger charge is 2.22. The molecule has 0 aromatic rings. The molecule has 0 heterocycles. The van der Waals surface area contributed by atoms with Crippen LogP contribution in [-0.4, -0.2) is 0 Å². The van der Waals surface area contributed by atoms with Crippen molar-refractivity contribution in [1.29, 1.82) is 0 Å². The number of hydrogen-bond donors (Lipinski definition) is 0. The molecule has 0 saturated heterocycles. The van der Waals surface area contributed by atoms with E-state index < -0.39 is 0 Å². The van der Waals surface area contributed by atoms with Crippen LogP contribution >= 0.6 is 0 Å². The van der Waals surface area contributed by atoms with Gasteiger partial charge in [0.15, 0.2) is 0 Å². The van der Waals surface area contributed by atoms with Crippen LogP contribution in [0.5, 0.6) is 0 Å². The molecule has 1 aliphatic rings. The maximum Gasteiger partial charge on any atom is -0.0185 e. The molecule has 0 nitrogen and oxygen atoms in total. The summed E-state index contributed by atoms with van der Waals surface area (Å²) in [7, 11) is 0. The zero-order chi connectivity index (χ0) is 7.61. The van der Waals surface area contributed by atoms with E-state index in [1.54, 1.807) is 0 Å². The van der Waals surface area contributed by atoms with Crippen molar-refractivity contribution < 1.29 is 0 Å². The lowest BCUT2D eigenvalue weighted by Crippen LogP contribution is -2.19. The molecule has 1 atom stereocenters. The average Bonchev–Trinajstić information content (AvgIpc) is 1.88. The highest BCUT2D eigenvalue weighted by molar-refractivity contribution is 4.97. The van der Waals surface area contributed by atoms with Gasteiger partial charge in [0.25, 0.3) is 0 Å². The molecule has 0 spiro atoms. The van der Waals surface area contributed by atoms with Gasteiger partial charge >= 0.3 is 0 Å². The highest BCUT2D eigenvalue weighted by atomic mass is 14.3. The molecule has 0 N–H and O–H groups in total. The first-order valence-electron chi connectivity index (χ1n) is 4.27. The summed E-state index contributed by atoms with van der Waals surface area (Å²) >= 11 is 0. The van der Waals surface area contributed by atoms with Crippen LogP contribution in [0, 0.1) is 11.3 Å². The molecule has 0 heteroatoms. The molecular formula is C10H18. The Hall–Kier alpha value is -0.260. The van der Waals surface area contributed by atoms with E-state index in [9.17, 15) is 0 Å². The molecule has 58 valence electrons. The molecule has 0 unspecified atom stereocenters. The number of allylic oxidation sites excluding steroid dienone is 2. The van der Waals surface area contributed by atoms with E-state index in [0.29, 0.717) is 5.41 Å². The molecule has 1 aliphatic carbocycles. The lowest BCUT2D eigenvalue weighted by atomic mass is 9.76. The summed E-state index contributed by atoms with van der Waals surface area (Å²) in [6.45, 7) is 6.98. The molecular weight excluding hydrogens is 120 g/mol. The normalized spacial score (nSPS) is 26.9. The third-order valence-corrected chi connectivity index (χ3v) is 2.37. The summed E-state index contributed by atoms with van der Waals surface area (Å²) in [5.41, 5.74) is 0.483. The van der Waals surface area contributed by atoms with Gasteiger partial charge in [0.2, 0.25) is 0 Å². The molecule has 0 fully saturated rings. The molecule has 0 radical (unpaired) electrons. The maximum atomic E-state index is 2.39. The Bertz CT molecular complexity index is 125. The standard InChI is InChI=1S/C10H18/c1-10(2,3)9-7-5-4-6-8-9/h5,7,9H,4,6,8H2,1-3H3/t9-/m0/s1. The first-order chi connectivity index (χ1) is 4.61. The Morgan fingerprint density at radius 2 is 2.00 bits per heavy atom. The van der Waals surface area contributed by atoms with Crippen molar-refractivity contribution >= 4 is 0 Å². The zero-order valence-corrected chi connectivity index (χ0v) is 7.35. The average molecular weight is 138 g/mol. The second kappa shape index (κ2) is 2.77. The minimum Gasteiger partial charge on any atom is -0.0882 e. The molecule has 0 bridgehead atoms. The van der Waals surface area contributed by atoms with Crippen LogP contribution in [0.15, 0.2) is 12.2 Å². The van der Waals surface area contributed by atoms with Gasteiger partial charge in [0, 0.05) is 0 Å². The molecule has 0 amide bonds. The van der Waals surface area contributed by atoms with Crippen LogP contribution in [-0.2, 0) is 0 Å². The summed E-state index contributed by atoms with van der Waals surface area (Å²) in [6.07, 6.45) is 8.80. The number of rotatable bonds is 0. The van der Waals surface area contributed by atoms with Gasteiger partial charge in [-0.1, -0.05) is 32.9 Å². The highest BCUT2D eigenvalue weighted by Crippen LogP contribution is 2.33. The fourth-order valence-corrected chi connectivity index (χ4v) is 1.53. The van der Waals surface area contributed by atoms with Crippen molar-refractivity contribution in [2.75, 3.05) is 0 Å². The Labute approximate surface area is 64.3 Å². The van der Waals surface area contributed by atoms with Gasteiger partial charge in [-0.3, -0.25) is 0 Å². The van der Waals surface area contributed by atoms with Gasteiger partial charge in [-0.05, 0) is 30.6 Å². The van der Waals surface area contributed by atoms with Crippen molar-refractivity contribution in [1.82, 2.24) is 0 Å². The van der Waals surface area contributed by atoms with Crippen LogP contribution in [0.25, 0.3) is 0 Å². The summed E-state index contributed by atoms with van der Waals surface area (Å²) in [5.74, 6) is 0.821. The SMILES string of the molecule is CC(C)(C)[C@H]1C=CCCC1. The topological polar surface area (TPSA) is 0 Å². The van der Waals surface area contributed by atoms with E-state index in [1.165, 1.54) is 19.3 Å². The molecule has 1 rings (SSSR count). The lowest BCUT2D eigenvalue weighted by Gasteiger charge is -2.30. The fraction of sp³-hybridized carbons (Fsp3) is 0.800. The summed E-state index contributed by atoms with van der Waals surface area (Å²) < 4.78 is 0. The van der Waals surface area contributed by atoms with E-state index in [-0.39, 0.29) is 0 Å². The second-order valence-electron chi connectivity index (χ2n) is 4.33. The quantitative estimate of drug-likeness (QED) is 0.450. The van der Waals surface area contributed by atoms with Gasteiger partial charge in [-0.25, -0.2) is 0 Å². The van der Waals surface area contributed by atoms with Gasteiger partial charge in [0.05, 0.1) is 0 Å². The van der Waals surface area contributed by atoms with Gasteiger partial charge < -0.3 is 0 Å². The molecule has 0 aromatic carbocycles. The summed E-state index contributed by atoms with van der Waals surface area (Å²) in [4.78, 5) is 0. The van der Waals surface area contributed by atoms with E-state index in [1.807, 2.05) is 0 Å². The van der Waals surface area contributed by atoms with Gasteiger partial charge in [-0.2, -0.15) is 0 Å². The van der Waals surface area contributed by atoms with E-state index in [0.717, 1.165) is 5.92 Å². The van der Waals surface area contributed by atoms with Crippen molar-refractivity contribution in [3.63, 3.8) is 0 Å². The molecule has 0 aliphatic heterocycles. The Morgan fingerprint density at radius 1 is 1.30 bits per heavy atom. The molecule has 0 aromatic heterocycles. The van der Waals surface area contributed by atoms with Crippen LogP contribution < -0.4 is 0 Å². The van der Waals surface area contributed by atoms with Crippen molar-refractivity contribution in [2.24, 2.45) is 11.3 Å². The van der Waals surface area contributed by atoms with Crippen LogP contribution in [0.4, 0.5) is 0 Å². The van der Waals surface area contributed by atoms with Crippen molar-refractivity contribution in [3.05, 3.63) is 12.2 Å². The fourth-order valence-electron chi connectivity index (χ4n) is 1.53. The van der Waals surface area contributed by atoms with E-state index in [4.69, 9.17) is 0 Å². The summed E-state index contributed by atoms with van der Waals surface area (Å²) in [5, 5.41) is 0. The Morgan fingerprint density at radius 3 is 2.30 bits per heavy atom. The zero-order valence-electron chi connectivity index (χ0n) is 7.35. The molecule has 10 heavy (non-hydrogen) atoms. The third-order valence-electron chi connectivity index (χ3n) is 2.37. The molecule has 0 saturated carbocycles. The predicted molar refractivity (Wildman–Crippen MR) is 45.9 cm³/mol. The van der Waals surface area contributed by atoms with E-state index >= 15 is 0 Å². The van der Waals surface area contributed by atoms with Crippen LogP contribution in [0.2, 0.25) is 0 Å². The Kier molecular flexibility index (Phi) is 2.18. The number of hydrogen-bond acceptors (Lipinski definition) is 0. The van der Waals surface area contributed by atoms with Crippen LogP contribution in [0.1, 0.15) is 40.0 Å². The smallest absolute Gasteiger partial charge is 0.0185 e. The first kappa shape index (κ1) is 7.84. The maximum absolute atomic E-state index is 2.39. The van der Waals surface area contributed by atoms with Crippen molar-refractivity contribution in [3.8, 4) is 0 Å². The van der Waals surface area contributed by atoms with Crippen LogP contribution in [0.3, 0.4) is 0 Å². The Balaban J connectivity index is 2.55. The van der Waals surface area contributed by atoms with Crippen molar-refractivity contribution in [2.45, 2.75) is 40.0 Å². The minimum atomic E-state index is 0.483. The largest absolute Gasteiger partial charge is 0.0882 e. The second-order valence-corrected chi connectivity index (χ2v) is 4.33. The van der Waals surface area contributed by atoms with Gasteiger partial charge in [-0.15, -0.1) is 0 Å². The minimum absolute atomic E-state index is 0.483. The third kappa shape index (κ3) is 1.86. The van der Waals surface area contributed by atoms with E-state index in [2.05, 4.69) is 32.9 Å². The van der Waals surface area contributed by atoms with Gasteiger partial charge in [0.1, 0.15) is 0 Å².